The zero-order valence-corrected chi connectivity index (χ0v) is 11.2. The van der Waals surface area contributed by atoms with Crippen molar-refractivity contribution in [1.82, 2.24) is 9.13 Å². The van der Waals surface area contributed by atoms with E-state index in [0.29, 0.717) is 6.54 Å². The Kier molecular flexibility index (Phi) is 2.83. The summed E-state index contributed by atoms with van der Waals surface area (Å²) in [5, 5.41) is 2.64. The molecule has 96 valence electrons. The second-order valence-electron chi connectivity index (χ2n) is 4.43. The Balaban J connectivity index is 2.05. The van der Waals surface area contributed by atoms with Crippen LogP contribution < -0.4 is 11.1 Å². The summed E-state index contributed by atoms with van der Waals surface area (Å²) in [6, 6.07) is 7.18. The molecule has 0 atom stereocenters. The first-order chi connectivity index (χ1) is 9.15. The van der Waals surface area contributed by atoms with Crippen molar-refractivity contribution in [3.63, 3.8) is 0 Å². The largest absolute Gasteiger partial charge is 0.319 e. The van der Waals surface area contributed by atoms with E-state index in [1.807, 2.05) is 23.6 Å². The molecule has 3 aromatic rings. The van der Waals surface area contributed by atoms with Crippen LogP contribution in [-0.4, -0.2) is 9.13 Å². The quantitative estimate of drug-likeness (QED) is 0.714. The molecular formula is C14H12N2O2S. The Bertz CT molecular complexity index is 857. The predicted molar refractivity (Wildman–Crippen MR) is 76.9 cm³/mol. The molecular weight excluding hydrogens is 260 g/mol. The zero-order valence-electron chi connectivity index (χ0n) is 10.4. The van der Waals surface area contributed by atoms with Gasteiger partial charge in [-0.05, 0) is 29.1 Å². The van der Waals surface area contributed by atoms with Crippen LogP contribution in [0.1, 0.15) is 5.56 Å². The topological polar surface area (TPSA) is 44.0 Å². The maximum Gasteiger partial charge on any atom is 0.259 e. The van der Waals surface area contributed by atoms with Crippen LogP contribution in [0.15, 0.2) is 51.6 Å². The molecule has 4 nitrogen and oxygen atoms in total. The minimum atomic E-state index is -0.0674. The molecule has 3 rings (SSSR count). The Morgan fingerprint density at radius 3 is 2.79 bits per heavy atom. The van der Waals surface area contributed by atoms with Crippen molar-refractivity contribution in [2.75, 3.05) is 0 Å². The smallest absolute Gasteiger partial charge is 0.259 e. The van der Waals surface area contributed by atoms with Crippen LogP contribution in [0.2, 0.25) is 0 Å². The van der Waals surface area contributed by atoms with Gasteiger partial charge in [0.05, 0.1) is 11.9 Å². The van der Waals surface area contributed by atoms with Gasteiger partial charge in [-0.2, -0.15) is 0 Å². The van der Waals surface area contributed by atoms with Gasteiger partial charge in [-0.15, -0.1) is 11.3 Å². The van der Waals surface area contributed by atoms with Crippen LogP contribution in [0, 0.1) is 0 Å². The van der Waals surface area contributed by atoms with Gasteiger partial charge < -0.3 is 9.13 Å². The molecule has 5 heteroatoms. The van der Waals surface area contributed by atoms with Crippen molar-refractivity contribution in [3.8, 4) is 0 Å². The molecule has 0 fully saturated rings. The molecule has 0 aromatic carbocycles. The van der Waals surface area contributed by atoms with Crippen molar-refractivity contribution in [3.05, 3.63) is 68.3 Å². The third-order valence-corrected chi connectivity index (χ3v) is 4.00. The zero-order chi connectivity index (χ0) is 13.4. The second-order valence-corrected chi connectivity index (χ2v) is 5.38. The summed E-state index contributed by atoms with van der Waals surface area (Å²) in [6.45, 7) is 0.417. The van der Waals surface area contributed by atoms with Crippen LogP contribution in [0.4, 0.5) is 0 Å². The number of pyridine rings is 2. The number of thiophene rings is 1. The van der Waals surface area contributed by atoms with Crippen LogP contribution in [-0.2, 0) is 13.6 Å². The van der Waals surface area contributed by atoms with Gasteiger partial charge in [-0.3, -0.25) is 9.59 Å². The van der Waals surface area contributed by atoms with E-state index in [1.54, 1.807) is 41.4 Å². The van der Waals surface area contributed by atoms with E-state index in [1.165, 1.54) is 4.57 Å². The number of aromatic nitrogens is 2. The Hall–Kier alpha value is -2.14. The van der Waals surface area contributed by atoms with E-state index < -0.39 is 0 Å². The average Bonchev–Trinajstić information content (AvgIpc) is 2.86. The number of aryl methyl sites for hydroxylation is 1. The number of fused-ring (bicyclic) bond motifs is 1. The minimum Gasteiger partial charge on any atom is -0.319 e. The fourth-order valence-electron chi connectivity index (χ4n) is 2.02. The van der Waals surface area contributed by atoms with Crippen LogP contribution >= 0.6 is 11.3 Å². The Labute approximate surface area is 113 Å². The molecule has 0 aliphatic carbocycles. The van der Waals surface area contributed by atoms with Crippen LogP contribution in [0.25, 0.3) is 10.1 Å². The monoisotopic (exact) mass is 272 g/mol. The van der Waals surface area contributed by atoms with Gasteiger partial charge in [0.15, 0.2) is 0 Å². The highest BCUT2D eigenvalue weighted by molar-refractivity contribution is 7.17. The fourth-order valence-corrected chi connectivity index (χ4v) is 2.79. The normalized spacial score (nSPS) is 11.0. The van der Waals surface area contributed by atoms with Crippen LogP contribution in [0.5, 0.6) is 0 Å². The molecule has 0 N–H and O–H groups in total. The lowest BCUT2D eigenvalue weighted by atomic mass is 10.2. The first-order valence-electron chi connectivity index (χ1n) is 5.87. The molecule has 0 aliphatic heterocycles. The van der Waals surface area contributed by atoms with Crippen LogP contribution in [0.3, 0.4) is 0 Å². The first kappa shape index (κ1) is 11.9. The minimum absolute atomic E-state index is 0.0144. The number of hydrogen-bond donors (Lipinski definition) is 0. The Morgan fingerprint density at radius 2 is 2.00 bits per heavy atom. The maximum absolute atomic E-state index is 12.2. The lowest BCUT2D eigenvalue weighted by Gasteiger charge is -2.06. The standard InChI is InChI=1S/C14H12N2O2S/c1-15-5-2-10(8-13(15)17)9-16-6-3-12-11(14(16)18)4-7-19-12/h2-8H,9H2,1H3. The summed E-state index contributed by atoms with van der Waals surface area (Å²) in [6.07, 6.45) is 3.49. The SMILES string of the molecule is Cn1ccc(Cn2ccc3sccc3c2=O)cc1=O. The fraction of sp³-hybridized carbons (Fsp3) is 0.143. The molecule has 3 aromatic heterocycles. The molecule has 0 amide bonds. The summed E-state index contributed by atoms with van der Waals surface area (Å²) < 4.78 is 4.13. The highest BCUT2D eigenvalue weighted by atomic mass is 32.1. The van der Waals surface area contributed by atoms with E-state index in [0.717, 1.165) is 15.6 Å². The summed E-state index contributed by atoms with van der Waals surface area (Å²) in [7, 11) is 1.70. The van der Waals surface area contributed by atoms with E-state index >= 15 is 0 Å². The Morgan fingerprint density at radius 1 is 1.16 bits per heavy atom. The highest BCUT2D eigenvalue weighted by Crippen LogP contribution is 2.16. The van der Waals surface area contributed by atoms with E-state index in [4.69, 9.17) is 0 Å². The summed E-state index contributed by atoms with van der Waals surface area (Å²) in [5.41, 5.74) is 0.751. The average molecular weight is 272 g/mol. The second kappa shape index (κ2) is 4.51. The molecule has 0 saturated carbocycles. The van der Waals surface area contributed by atoms with Gasteiger partial charge in [0.1, 0.15) is 0 Å². The summed E-state index contributed by atoms with van der Waals surface area (Å²) in [5.74, 6) is 0. The molecule has 19 heavy (non-hydrogen) atoms. The third kappa shape index (κ3) is 2.13. The maximum atomic E-state index is 12.2. The highest BCUT2D eigenvalue weighted by Gasteiger charge is 2.04. The summed E-state index contributed by atoms with van der Waals surface area (Å²) >= 11 is 1.55. The molecule has 0 aliphatic rings. The van der Waals surface area contributed by atoms with Gasteiger partial charge in [0, 0.05) is 30.2 Å². The number of nitrogens with zero attached hydrogens (tertiary/aromatic N) is 2. The molecule has 0 unspecified atom stereocenters. The van der Waals surface area contributed by atoms with Crippen molar-refractivity contribution >= 4 is 21.4 Å². The van der Waals surface area contributed by atoms with Crippen molar-refractivity contribution in [2.45, 2.75) is 6.54 Å². The van der Waals surface area contributed by atoms with Gasteiger partial charge in [-0.25, -0.2) is 0 Å². The van der Waals surface area contributed by atoms with Crippen molar-refractivity contribution < 1.29 is 0 Å². The van der Waals surface area contributed by atoms with E-state index in [-0.39, 0.29) is 11.1 Å². The van der Waals surface area contributed by atoms with Gasteiger partial charge in [0.2, 0.25) is 0 Å². The molecule has 0 spiro atoms. The van der Waals surface area contributed by atoms with Crippen molar-refractivity contribution in [2.24, 2.45) is 7.05 Å². The van der Waals surface area contributed by atoms with E-state index in [2.05, 4.69) is 0 Å². The predicted octanol–water partition coefficient (Wildman–Crippen LogP) is 1.81. The molecule has 3 heterocycles. The lowest BCUT2D eigenvalue weighted by Crippen LogP contribution is -2.21. The third-order valence-electron chi connectivity index (χ3n) is 3.11. The first-order valence-corrected chi connectivity index (χ1v) is 6.75. The molecule has 0 bridgehead atoms. The van der Waals surface area contributed by atoms with Gasteiger partial charge >= 0.3 is 0 Å². The molecule has 0 saturated heterocycles. The molecule has 0 radical (unpaired) electrons. The number of hydrogen-bond acceptors (Lipinski definition) is 3. The van der Waals surface area contributed by atoms with E-state index in [9.17, 15) is 9.59 Å². The lowest BCUT2D eigenvalue weighted by molar-refractivity contribution is 0.756. The van der Waals surface area contributed by atoms with Crippen molar-refractivity contribution in [1.29, 1.82) is 0 Å². The van der Waals surface area contributed by atoms with Gasteiger partial charge in [-0.1, -0.05) is 0 Å². The number of rotatable bonds is 2. The summed E-state index contributed by atoms with van der Waals surface area (Å²) in [4.78, 5) is 23.8. The van der Waals surface area contributed by atoms with Gasteiger partial charge in [0.25, 0.3) is 11.1 Å².